The van der Waals surface area contributed by atoms with E-state index in [1.165, 1.54) is 12.1 Å². The monoisotopic (exact) mass is 574 g/mol. The van der Waals surface area contributed by atoms with Crippen molar-refractivity contribution in [2.45, 2.75) is 76.6 Å². The second-order valence-electron chi connectivity index (χ2n) is 10.5. The molecule has 3 nitrogen and oxygen atoms in total. The number of hydrogen-bond acceptors (Lipinski definition) is 3. The van der Waals surface area contributed by atoms with E-state index < -0.39 is 59.1 Å². The molecule has 1 aliphatic carbocycles. The van der Waals surface area contributed by atoms with Crippen LogP contribution in [0.1, 0.15) is 81.6 Å². The van der Waals surface area contributed by atoms with E-state index >= 15 is 8.78 Å². The molecule has 1 saturated heterocycles. The zero-order valence-corrected chi connectivity index (χ0v) is 22.2. The molecule has 1 saturated carbocycles. The number of unbranched alkanes of at least 4 members (excludes halogenated alkanes) is 1. The normalized spacial score (nSPS) is 24.0. The molecule has 2 fully saturated rings. The Morgan fingerprint density at radius 2 is 1.40 bits per heavy atom. The molecule has 40 heavy (non-hydrogen) atoms. The third-order valence-electron chi connectivity index (χ3n) is 7.53. The first-order valence-corrected chi connectivity index (χ1v) is 13.7. The molecule has 2 aliphatic rings. The molecule has 2 aromatic carbocycles. The minimum Gasteiger partial charge on any atom is -0.432 e. The second-order valence-corrected chi connectivity index (χ2v) is 10.5. The van der Waals surface area contributed by atoms with Gasteiger partial charge in [0.2, 0.25) is 0 Å². The first-order valence-electron chi connectivity index (χ1n) is 13.7. The van der Waals surface area contributed by atoms with E-state index in [1.54, 1.807) is 0 Å². The summed E-state index contributed by atoms with van der Waals surface area (Å²) in [7, 11) is 0. The van der Waals surface area contributed by atoms with Crippen molar-refractivity contribution in [2.75, 3.05) is 13.2 Å². The van der Waals surface area contributed by atoms with Crippen LogP contribution < -0.4 is 4.74 Å². The molecule has 1 aliphatic heterocycles. The molecular weight excluding hydrogens is 541 g/mol. The summed E-state index contributed by atoms with van der Waals surface area (Å²) in [4.78, 5) is 0. The van der Waals surface area contributed by atoms with Crippen molar-refractivity contribution in [1.29, 1.82) is 0 Å². The Balaban J connectivity index is 1.32. The standard InChI is InChI=1S/C30H33F7O3/c1-2-3-4-5-6-7-18-16-38-29(39-17-18)20-12-23(31)27(24(32)13-20)19-8-10-21(11-9-19)30(36,37)40-22-14-25(33)28(35)26(34)15-22/h4-5,12-15,18-19,21,29H,2-3,6-11,16-17H2,1H3/b5-4+. The molecule has 4 rings (SSSR count). The van der Waals surface area contributed by atoms with Crippen molar-refractivity contribution in [3.05, 3.63) is 76.6 Å². The highest BCUT2D eigenvalue weighted by atomic mass is 19.3. The molecule has 0 N–H and O–H groups in total. The van der Waals surface area contributed by atoms with E-state index in [0.717, 1.165) is 25.7 Å². The van der Waals surface area contributed by atoms with Gasteiger partial charge in [-0.1, -0.05) is 25.5 Å². The molecule has 0 radical (unpaired) electrons. The van der Waals surface area contributed by atoms with Crippen LogP contribution in [0.3, 0.4) is 0 Å². The Hall–Kier alpha value is -2.59. The van der Waals surface area contributed by atoms with E-state index in [0.29, 0.717) is 25.3 Å². The second kappa shape index (κ2) is 13.4. The third kappa shape index (κ3) is 7.37. The maximum absolute atomic E-state index is 15.1. The van der Waals surface area contributed by atoms with Crippen molar-refractivity contribution in [3.63, 3.8) is 0 Å². The average Bonchev–Trinajstić information content (AvgIpc) is 2.91. The topological polar surface area (TPSA) is 27.7 Å². The Bertz CT molecular complexity index is 1120. The minimum atomic E-state index is -3.82. The molecule has 0 amide bonds. The van der Waals surface area contributed by atoms with Crippen molar-refractivity contribution >= 4 is 0 Å². The molecule has 10 heteroatoms. The number of hydrogen-bond donors (Lipinski definition) is 0. The predicted molar refractivity (Wildman–Crippen MR) is 134 cm³/mol. The van der Waals surface area contributed by atoms with Gasteiger partial charge in [0, 0.05) is 29.2 Å². The van der Waals surface area contributed by atoms with Gasteiger partial charge < -0.3 is 14.2 Å². The summed E-state index contributed by atoms with van der Waals surface area (Å²) >= 11 is 0. The predicted octanol–water partition coefficient (Wildman–Crippen LogP) is 9.13. The minimum absolute atomic E-state index is 0.0494. The highest BCUT2D eigenvalue weighted by molar-refractivity contribution is 5.30. The van der Waals surface area contributed by atoms with Crippen LogP contribution in [0.5, 0.6) is 5.75 Å². The zero-order valence-electron chi connectivity index (χ0n) is 22.2. The van der Waals surface area contributed by atoms with Crippen LogP contribution >= 0.6 is 0 Å². The first-order chi connectivity index (χ1) is 19.1. The van der Waals surface area contributed by atoms with E-state index in [-0.39, 0.29) is 42.7 Å². The highest BCUT2D eigenvalue weighted by Crippen LogP contribution is 2.45. The van der Waals surface area contributed by atoms with Gasteiger partial charge >= 0.3 is 6.11 Å². The number of halogens is 7. The lowest BCUT2D eigenvalue weighted by Crippen LogP contribution is -2.37. The molecule has 0 spiro atoms. The Morgan fingerprint density at radius 3 is 1.98 bits per heavy atom. The van der Waals surface area contributed by atoms with E-state index in [1.807, 2.05) is 0 Å². The molecule has 0 unspecified atom stereocenters. The van der Waals surface area contributed by atoms with Crippen LogP contribution in [0.15, 0.2) is 36.4 Å². The molecule has 0 bridgehead atoms. The quantitative estimate of drug-likeness (QED) is 0.161. The smallest absolute Gasteiger partial charge is 0.400 e. The van der Waals surface area contributed by atoms with Gasteiger partial charge in [-0.05, 0) is 63.0 Å². The van der Waals surface area contributed by atoms with Gasteiger partial charge in [0.05, 0.1) is 19.1 Å². The molecule has 0 aromatic heterocycles. The summed E-state index contributed by atoms with van der Waals surface area (Å²) in [5, 5.41) is 0. The third-order valence-corrected chi connectivity index (χ3v) is 7.53. The van der Waals surface area contributed by atoms with Crippen LogP contribution in [-0.4, -0.2) is 19.3 Å². The summed E-state index contributed by atoms with van der Waals surface area (Å²) in [6.45, 7) is 2.94. The summed E-state index contributed by atoms with van der Waals surface area (Å²) in [5.74, 6) is -9.34. The fourth-order valence-electron chi connectivity index (χ4n) is 5.32. The summed E-state index contributed by atoms with van der Waals surface area (Å²) in [6.07, 6.45) is 3.31. The maximum atomic E-state index is 15.1. The molecule has 220 valence electrons. The van der Waals surface area contributed by atoms with E-state index in [2.05, 4.69) is 23.8 Å². The first kappa shape index (κ1) is 30.4. The van der Waals surface area contributed by atoms with Gasteiger partial charge in [0.1, 0.15) is 17.4 Å². The highest BCUT2D eigenvalue weighted by Gasteiger charge is 2.45. The Morgan fingerprint density at radius 1 is 0.825 bits per heavy atom. The molecule has 2 aromatic rings. The number of alkyl halides is 2. The Labute approximate surface area is 229 Å². The fourth-order valence-corrected chi connectivity index (χ4v) is 5.32. The van der Waals surface area contributed by atoms with Gasteiger partial charge in [-0.2, -0.15) is 8.78 Å². The Kier molecular flexibility index (Phi) is 10.2. The lowest BCUT2D eigenvalue weighted by Gasteiger charge is -2.34. The van der Waals surface area contributed by atoms with Gasteiger partial charge in [0.25, 0.3) is 0 Å². The van der Waals surface area contributed by atoms with E-state index in [4.69, 9.17) is 9.47 Å². The van der Waals surface area contributed by atoms with Crippen molar-refractivity contribution in [2.24, 2.45) is 11.8 Å². The SMILES string of the molecule is CCC/C=C/CCC1COC(c2cc(F)c(C3CCC(C(F)(F)Oc4cc(F)c(F)c(F)c4)CC3)c(F)c2)OC1. The molecule has 0 atom stereocenters. The lowest BCUT2D eigenvalue weighted by atomic mass is 9.77. The summed E-state index contributed by atoms with van der Waals surface area (Å²) in [5.41, 5.74) is 0.0362. The number of rotatable bonds is 10. The van der Waals surface area contributed by atoms with Crippen LogP contribution in [0, 0.1) is 40.9 Å². The number of allylic oxidation sites excluding steroid dienone is 2. The summed E-state index contributed by atoms with van der Waals surface area (Å²) < 4.78 is 115. The van der Waals surface area contributed by atoms with Crippen LogP contribution in [0.25, 0.3) is 0 Å². The molecular formula is C30H33F7O3. The van der Waals surface area contributed by atoms with Gasteiger partial charge in [-0.25, -0.2) is 22.0 Å². The number of benzene rings is 2. The van der Waals surface area contributed by atoms with Gasteiger partial charge in [0.15, 0.2) is 23.7 Å². The van der Waals surface area contributed by atoms with Gasteiger partial charge in [-0.3, -0.25) is 0 Å². The lowest BCUT2D eigenvalue weighted by molar-refractivity contribution is -0.222. The number of ether oxygens (including phenoxy) is 3. The van der Waals surface area contributed by atoms with Crippen molar-refractivity contribution < 1.29 is 44.9 Å². The maximum Gasteiger partial charge on any atom is 0.400 e. The summed E-state index contributed by atoms with van der Waals surface area (Å²) in [6, 6.07) is 3.02. The fraction of sp³-hybridized carbons (Fsp3) is 0.533. The van der Waals surface area contributed by atoms with Gasteiger partial charge in [-0.15, -0.1) is 0 Å². The average molecular weight is 575 g/mol. The zero-order chi connectivity index (χ0) is 28.9. The largest absolute Gasteiger partial charge is 0.432 e. The van der Waals surface area contributed by atoms with Crippen LogP contribution in [0.4, 0.5) is 30.7 Å². The molecule has 1 heterocycles. The van der Waals surface area contributed by atoms with Crippen molar-refractivity contribution in [3.8, 4) is 5.75 Å². The van der Waals surface area contributed by atoms with E-state index in [9.17, 15) is 22.0 Å². The van der Waals surface area contributed by atoms with Crippen LogP contribution in [-0.2, 0) is 9.47 Å². The van der Waals surface area contributed by atoms with Crippen molar-refractivity contribution in [1.82, 2.24) is 0 Å². The van der Waals surface area contributed by atoms with Crippen LogP contribution in [0.2, 0.25) is 0 Å².